The fraction of sp³-hybridized carbons (Fsp3) is 1.00. The Morgan fingerprint density at radius 1 is 1.42 bits per heavy atom. The Bertz CT molecular complexity index is 156. The second-order valence-electron chi connectivity index (χ2n) is 4.29. The summed E-state index contributed by atoms with van der Waals surface area (Å²) in [5.41, 5.74) is 0. The zero-order chi connectivity index (χ0) is 8.55. The fourth-order valence-corrected chi connectivity index (χ4v) is 2.03. The Balaban J connectivity index is 1.72. The molecule has 2 aliphatic rings. The highest BCUT2D eigenvalue weighted by atomic mass is 16.6. The molecule has 0 spiro atoms. The van der Waals surface area contributed by atoms with E-state index in [9.17, 15) is 0 Å². The van der Waals surface area contributed by atoms with Crippen LogP contribution in [-0.4, -0.2) is 36.7 Å². The van der Waals surface area contributed by atoms with Crippen molar-refractivity contribution in [1.29, 1.82) is 0 Å². The van der Waals surface area contributed by atoms with Gasteiger partial charge in [-0.05, 0) is 32.2 Å². The summed E-state index contributed by atoms with van der Waals surface area (Å²) in [6, 6.07) is 0.795. The Kier molecular flexibility index (Phi) is 2.37. The first-order valence-corrected chi connectivity index (χ1v) is 5.13. The highest BCUT2D eigenvalue weighted by molar-refractivity contribution is 4.82. The Morgan fingerprint density at radius 3 is 2.67 bits per heavy atom. The van der Waals surface area contributed by atoms with E-state index in [0.29, 0.717) is 6.10 Å². The van der Waals surface area contributed by atoms with Crippen LogP contribution in [0.5, 0.6) is 0 Å². The summed E-state index contributed by atoms with van der Waals surface area (Å²) in [5.74, 6) is 0.894. The van der Waals surface area contributed by atoms with E-state index in [2.05, 4.69) is 18.7 Å². The van der Waals surface area contributed by atoms with Crippen molar-refractivity contribution in [3.8, 4) is 0 Å². The van der Waals surface area contributed by atoms with E-state index < -0.39 is 0 Å². The molecule has 0 aromatic carbocycles. The molecular weight excluding hydrogens is 150 g/mol. The van der Waals surface area contributed by atoms with Gasteiger partial charge in [-0.15, -0.1) is 0 Å². The van der Waals surface area contributed by atoms with Crippen molar-refractivity contribution in [2.75, 3.05) is 19.7 Å². The topological polar surface area (TPSA) is 15.8 Å². The zero-order valence-corrected chi connectivity index (χ0v) is 8.12. The number of rotatable bonds is 3. The molecule has 2 heteroatoms. The molecule has 2 aliphatic heterocycles. The minimum Gasteiger partial charge on any atom is -0.373 e. The number of ether oxygens (including phenoxy) is 1. The van der Waals surface area contributed by atoms with Gasteiger partial charge in [-0.3, -0.25) is 0 Å². The molecule has 12 heavy (non-hydrogen) atoms. The average Bonchev–Trinajstić information content (AvgIpc) is 2.82. The Hall–Kier alpha value is -0.0800. The van der Waals surface area contributed by atoms with Crippen LogP contribution in [0.2, 0.25) is 0 Å². The maximum Gasteiger partial charge on any atom is 0.0822 e. The van der Waals surface area contributed by atoms with Gasteiger partial charge < -0.3 is 9.64 Å². The molecule has 2 heterocycles. The quantitative estimate of drug-likeness (QED) is 0.595. The molecule has 0 radical (unpaired) electrons. The van der Waals surface area contributed by atoms with Crippen LogP contribution in [0.1, 0.15) is 26.7 Å². The summed E-state index contributed by atoms with van der Waals surface area (Å²) < 4.78 is 5.20. The lowest BCUT2D eigenvalue weighted by Gasteiger charge is -2.22. The van der Waals surface area contributed by atoms with Gasteiger partial charge in [0.2, 0.25) is 0 Å². The Labute approximate surface area is 74.9 Å². The standard InChI is InChI=1S/C10H19NO/c1-8-3-5-11(9(8)2)6-4-10-7-12-10/h8-10H,3-7H2,1-2H3. The molecule has 0 aliphatic carbocycles. The van der Waals surface area contributed by atoms with Crippen LogP contribution in [0, 0.1) is 5.92 Å². The molecule has 0 aromatic heterocycles. The second kappa shape index (κ2) is 3.35. The van der Waals surface area contributed by atoms with E-state index in [4.69, 9.17) is 4.74 Å². The van der Waals surface area contributed by atoms with Crippen LogP contribution >= 0.6 is 0 Å². The lowest BCUT2D eigenvalue weighted by molar-refractivity contribution is 0.233. The maximum absolute atomic E-state index is 5.20. The molecule has 2 fully saturated rings. The van der Waals surface area contributed by atoms with Gasteiger partial charge in [-0.25, -0.2) is 0 Å². The number of hydrogen-bond donors (Lipinski definition) is 0. The molecule has 2 nitrogen and oxygen atoms in total. The minimum atomic E-state index is 0.605. The number of epoxide rings is 1. The Morgan fingerprint density at radius 2 is 2.17 bits per heavy atom. The third-order valence-electron chi connectivity index (χ3n) is 3.41. The van der Waals surface area contributed by atoms with Crippen molar-refractivity contribution in [1.82, 2.24) is 4.90 Å². The van der Waals surface area contributed by atoms with Crippen molar-refractivity contribution in [3.05, 3.63) is 0 Å². The van der Waals surface area contributed by atoms with Gasteiger partial charge in [0.25, 0.3) is 0 Å². The molecule has 0 bridgehead atoms. The van der Waals surface area contributed by atoms with Gasteiger partial charge in [-0.1, -0.05) is 6.92 Å². The van der Waals surface area contributed by atoms with Crippen LogP contribution in [0.25, 0.3) is 0 Å². The molecule has 70 valence electrons. The molecule has 0 amide bonds. The van der Waals surface area contributed by atoms with Gasteiger partial charge in [0.1, 0.15) is 0 Å². The summed E-state index contributed by atoms with van der Waals surface area (Å²) in [7, 11) is 0. The normalized spacial score (nSPS) is 42.0. The first-order chi connectivity index (χ1) is 5.77. The first kappa shape index (κ1) is 8.52. The SMILES string of the molecule is CC1CCN(CCC2CO2)C1C. The maximum atomic E-state index is 5.20. The van der Waals surface area contributed by atoms with Crippen molar-refractivity contribution in [2.24, 2.45) is 5.92 Å². The fourth-order valence-electron chi connectivity index (χ4n) is 2.03. The summed E-state index contributed by atoms with van der Waals surface area (Å²) in [4.78, 5) is 2.60. The molecule has 3 atom stereocenters. The lowest BCUT2D eigenvalue weighted by Crippen LogP contribution is -2.30. The van der Waals surface area contributed by atoms with Gasteiger partial charge in [0.15, 0.2) is 0 Å². The highest BCUT2D eigenvalue weighted by Gasteiger charge is 2.29. The number of nitrogens with zero attached hydrogens (tertiary/aromatic N) is 1. The van der Waals surface area contributed by atoms with Crippen molar-refractivity contribution in [2.45, 2.75) is 38.8 Å². The molecule has 2 saturated heterocycles. The van der Waals surface area contributed by atoms with Crippen molar-refractivity contribution in [3.63, 3.8) is 0 Å². The highest BCUT2D eigenvalue weighted by Crippen LogP contribution is 2.24. The van der Waals surface area contributed by atoms with E-state index in [0.717, 1.165) is 18.6 Å². The predicted molar refractivity (Wildman–Crippen MR) is 49.2 cm³/mol. The monoisotopic (exact) mass is 169 g/mol. The van der Waals surface area contributed by atoms with E-state index in [1.165, 1.54) is 25.9 Å². The van der Waals surface area contributed by atoms with Crippen LogP contribution in [0.4, 0.5) is 0 Å². The lowest BCUT2D eigenvalue weighted by atomic mass is 10.1. The summed E-state index contributed by atoms with van der Waals surface area (Å²) in [5, 5.41) is 0. The molecular formula is C10H19NO. The third-order valence-corrected chi connectivity index (χ3v) is 3.41. The molecule has 3 unspecified atom stereocenters. The summed E-state index contributed by atoms with van der Waals surface area (Å²) in [6.45, 7) is 8.27. The minimum absolute atomic E-state index is 0.605. The van der Waals surface area contributed by atoms with Gasteiger partial charge >= 0.3 is 0 Å². The molecule has 0 N–H and O–H groups in total. The van der Waals surface area contributed by atoms with E-state index in [1.54, 1.807) is 0 Å². The van der Waals surface area contributed by atoms with Crippen LogP contribution < -0.4 is 0 Å². The predicted octanol–water partition coefficient (Wildman–Crippen LogP) is 1.51. The van der Waals surface area contributed by atoms with Crippen LogP contribution in [0.3, 0.4) is 0 Å². The van der Waals surface area contributed by atoms with Gasteiger partial charge in [0, 0.05) is 12.6 Å². The second-order valence-corrected chi connectivity index (χ2v) is 4.29. The average molecular weight is 169 g/mol. The summed E-state index contributed by atoms with van der Waals surface area (Å²) >= 11 is 0. The summed E-state index contributed by atoms with van der Waals surface area (Å²) in [6.07, 6.45) is 3.23. The van der Waals surface area contributed by atoms with Crippen LogP contribution in [0.15, 0.2) is 0 Å². The first-order valence-electron chi connectivity index (χ1n) is 5.13. The van der Waals surface area contributed by atoms with Gasteiger partial charge in [0.05, 0.1) is 12.7 Å². The van der Waals surface area contributed by atoms with Crippen LogP contribution in [-0.2, 0) is 4.74 Å². The van der Waals surface area contributed by atoms with E-state index in [-0.39, 0.29) is 0 Å². The molecule has 0 saturated carbocycles. The molecule has 2 rings (SSSR count). The third kappa shape index (κ3) is 1.80. The number of hydrogen-bond acceptors (Lipinski definition) is 2. The molecule has 0 aromatic rings. The van der Waals surface area contributed by atoms with E-state index >= 15 is 0 Å². The van der Waals surface area contributed by atoms with Crippen molar-refractivity contribution >= 4 is 0 Å². The smallest absolute Gasteiger partial charge is 0.0822 e. The van der Waals surface area contributed by atoms with E-state index in [1.807, 2.05) is 0 Å². The van der Waals surface area contributed by atoms with Crippen molar-refractivity contribution < 1.29 is 4.74 Å². The zero-order valence-electron chi connectivity index (χ0n) is 8.12. The van der Waals surface area contributed by atoms with Gasteiger partial charge in [-0.2, -0.15) is 0 Å². The number of likely N-dealkylation sites (tertiary alicyclic amines) is 1. The largest absolute Gasteiger partial charge is 0.373 e.